The summed E-state index contributed by atoms with van der Waals surface area (Å²) < 4.78 is 36.7. The molecule has 0 saturated heterocycles. The Hall–Kier alpha value is -3.14. The maximum absolute atomic E-state index is 13.1. The smallest absolute Gasteiger partial charge is 0.437 e. The van der Waals surface area contributed by atoms with Crippen molar-refractivity contribution in [3.63, 3.8) is 0 Å². The Morgan fingerprint density at radius 2 is 2.04 bits per heavy atom. The van der Waals surface area contributed by atoms with Gasteiger partial charge >= 0.3 is 11.7 Å². The molecule has 0 unspecified atom stereocenters. The number of benzene rings is 1. The first kappa shape index (κ1) is 18.6. The Balaban J connectivity index is 1.52. The van der Waals surface area contributed by atoms with Crippen molar-refractivity contribution < 1.29 is 27.5 Å². The molecule has 0 saturated carbocycles. The van der Waals surface area contributed by atoms with Crippen molar-refractivity contribution in [2.24, 2.45) is 0 Å². The van der Waals surface area contributed by atoms with Crippen molar-refractivity contribution in [2.45, 2.75) is 13.0 Å². The molecule has 7 nitrogen and oxygen atoms in total. The largest absolute Gasteiger partial charge is 0.457 e. The first-order chi connectivity index (χ1) is 12.9. The molecule has 3 rings (SSSR count). The summed E-state index contributed by atoms with van der Waals surface area (Å²) in [5.41, 5.74) is -0.116. The number of carbonyl (C=O) groups excluding carboxylic acids is 2. The highest BCUT2D eigenvalue weighted by molar-refractivity contribution is 7.13. The predicted molar refractivity (Wildman–Crippen MR) is 90.3 cm³/mol. The van der Waals surface area contributed by atoms with E-state index in [1.807, 2.05) is 0 Å². The fourth-order valence-electron chi connectivity index (χ4n) is 2.12. The molecule has 0 amide bonds. The monoisotopic (exact) mass is 394 g/mol. The first-order valence-corrected chi connectivity index (χ1v) is 8.57. The predicted octanol–water partition coefficient (Wildman–Crippen LogP) is 2.66. The van der Waals surface area contributed by atoms with E-state index in [-0.39, 0.29) is 24.4 Å². The van der Waals surface area contributed by atoms with E-state index >= 15 is 0 Å². The van der Waals surface area contributed by atoms with E-state index in [1.165, 1.54) is 11.3 Å². The quantitative estimate of drug-likeness (QED) is 0.452. The van der Waals surface area contributed by atoms with Gasteiger partial charge in [0.2, 0.25) is 0 Å². The average molecular weight is 394 g/mol. The maximum atomic E-state index is 13.1. The Bertz CT molecular complexity index is 1030. The highest BCUT2D eigenvalue weighted by Crippen LogP contribution is 2.21. The second-order valence-electron chi connectivity index (χ2n) is 5.34. The molecule has 0 bridgehead atoms. The lowest BCUT2D eigenvalue weighted by Gasteiger charge is -2.04. The van der Waals surface area contributed by atoms with Crippen LogP contribution < -0.4 is 5.76 Å². The van der Waals surface area contributed by atoms with Crippen LogP contribution in [0.4, 0.5) is 8.78 Å². The van der Waals surface area contributed by atoms with E-state index in [0.29, 0.717) is 4.88 Å². The number of Topliss-reactive ketones (excluding diaryl/α,β-unsaturated/α-hetero) is 1. The fourth-order valence-corrected chi connectivity index (χ4v) is 2.76. The van der Waals surface area contributed by atoms with E-state index in [0.717, 1.165) is 22.9 Å². The normalized spacial score (nSPS) is 10.7. The molecule has 0 aliphatic rings. The van der Waals surface area contributed by atoms with Gasteiger partial charge in [-0.05, 0) is 29.6 Å². The summed E-state index contributed by atoms with van der Waals surface area (Å²) in [5.74, 6) is -4.25. The molecule has 2 heterocycles. The lowest BCUT2D eigenvalue weighted by atomic mass is 10.1. The zero-order chi connectivity index (χ0) is 19.4. The van der Waals surface area contributed by atoms with Gasteiger partial charge in [-0.2, -0.15) is 4.68 Å². The minimum absolute atomic E-state index is 0.0914. The minimum atomic E-state index is -1.17. The van der Waals surface area contributed by atoms with Crippen molar-refractivity contribution in [2.75, 3.05) is 6.61 Å². The summed E-state index contributed by atoms with van der Waals surface area (Å²) in [7, 11) is 0. The van der Waals surface area contributed by atoms with E-state index in [4.69, 9.17) is 9.15 Å². The number of aromatic nitrogens is 2. The minimum Gasteiger partial charge on any atom is -0.457 e. The molecular formula is C17H12F2N2O5S. The van der Waals surface area contributed by atoms with Gasteiger partial charge in [0, 0.05) is 5.56 Å². The van der Waals surface area contributed by atoms with E-state index in [1.54, 1.807) is 17.5 Å². The molecule has 0 atom stereocenters. The Morgan fingerprint density at radius 3 is 2.74 bits per heavy atom. The highest BCUT2D eigenvalue weighted by atomic mass is 32.1. The number of aryl methyl sites for hydroxylation is 1. The van der Waals surface area contributed by atoms with Gasteiger partial charge in [-0.25, -0.2) is 13.6 Å². The number of hydrogen-bond donors (Lipinski definition) is 0. The molecule has 0 radical (unpaired) electrons. The van der Waals surface area contributed by atoms with Crippen LogP contribution in [0.1, 0.15) is 16.8 Å². The molecule has 1 aromatic carbocycles. The van der Waals surface area contributed by atoms with Crippen LogP contribution in [0.5, 0.6) is 0 Å². The molecule has 0 aliphatic carbocycles. The van der Waals surface area contributed by atoms with E-state index < -0.39 is 35.7 Å². The molecule has 10 heteroatoms. The SMILES string of the molecule is O=C(CCn1nc(-c2cccs2)oc1=O)OCC(=O)c1ccc(F)c(F)c1. The van der Waals surface area contributed by atoms with Gasteiger partial charge < -0.3 is 9.15 Å². The van der Waals surface area contributed by atoms with Crippen molar-refractivity contribution in [3.8, 4) is 10.8 Å². The summed E-state index contributed by atoms with van der Waals surface area (Å²) in [6.07, 6.45) is -0.221. The lowest BCUT2D eigenvalue weighted by Crippen LogP contribution is -2.20. The molecule has 0 aliphatic heterocycles. The number of esters is 1. The van der Waals surface area contributed by atoms with Crippen LogP contribution in [0.15, 0.2) is 44.9 Å². The lowest BCUT2D eigenvalue weighted by molar-refractivity contribution is -0.142. The van der Waals surface area contributed by atoms with Gasteiger partial charge in [-0.3, -0.25) is 9.59 Å². The van der Waals surface area contributed by atoms with Crippen LogP contribution in [0, 0.1) is 11.6 Å². The molecule has 140 valence electrons. The molecule has 0 spiro atoms. The van der Waals surface area contributed by atoms with Crippen molar-refractivity contribution in [1.29, 1.82) is 0 Å². The molecule has 3 aromatic rings. The van der Waals surface area contributed by atoms with Crippen LogP contribution in [-0.4, -0.2) is 28.1 Å². The fraction of sp³-hybridized carbons (Fsp3) is 0.176. The van der Waals surface area contributed by atoms with Gasteiger partial charge in [0.15, 0.2) is 24.0 Å². The highest BCUT2D eigenvalue weighted by Gasteiger charge is 2.15. The number of ether oxygens (including phenoxy) is 1. The number of rotatable bonds is 7. The third-order valence-electron chi connectivity index (χ3n) is 3.47. The maximum Gasteiger partial charge on any atom is 0.437 e. The number of ketones is 1. The third-order valence-corrected chi connectivity index (χ3v) is 4.33. The summed E-state index contributed by atoms with van der Waals surface area (Å²) in [4.78, 5) is 36.0. The molecule has 2 aromatic heterocycles. The topological polar surface area (TPSA) is 91.4 Å². The number of halogens is 2. The average Bonchev–Trinajstić information content (AvgIpc) is 3.30. The van der Waals surface area contributed by atoms with Gasteiger partial charge in [0.25, 0.3) is 5.89 Å². The zero-order valence-corrected chi connectivity index (χ0v) is 14.5. The summed E-state index contributed by atoms with van der Waals surface area (Å²) in [5, 5.41) is 5.78. The van der Waals surface area contributed by atoms with Crippen molar-refractivity contribution in [3.05, 3.63) is 63.5 Å². The summed E-state index contributed by atoms with van der Waals surface area (Å²) in [6, 6.07) is 6.15. The van der Waals surface area contributed by atoms with Crippen molar-refractivity contribution >= 4 is 23.1 Å². The molecule has 0 N–H and O–H groups in total. The second kappa shape index (κ2) is 8.04. The van der Waals surface area contributed by atoms with Gasteiger partial charge in [0.1, 0.15) is 0 Å². The Labute approximate surface area is 154 Å². The number of hydrogen-bond acceptors (Lipinski definition) is 7. The zero-order valence-electron chi connectivity index (χ0n) is 13.7. The number of nitrogens with zero attached hydrogens (tertiary/aromatic N) is 2. The second-order valence-corrected chi connectivity index (χ2v) is 6.28. The van der Waals surface area contributed by atoms with Crippen LogP contribution in [0.25, 0.3) is 10.8 Å². The Morgan fingerprint density at radius 1 is 1.22 bits per heavy atom. The van der Waals surface area contributed by atoms with Crippen molar-refractivity contribution in [1.82, 2.24) is 9.78 Å². The standard InChI is InChI=1S/C17H12F2N2O5S/c18-11-4-3-10(8-12(11)19)13(22)9-25-15(23)5-6-21-17(24)26-16(20-21)14-2-1-7-27-14/h1-4,7-8H,5-6,9H2. The first-order valence-electron chi connectivity index (χ1n) is 7.70. The van der Waals surface area contributed by atoms with Crippen LogP contribution in [-0.2, 0) is 16.1 Å². The number of thiophene rings is 1. The molecular weight excluding hydrogens is 382 g/mol. The van der Waals surface area contributed by atoms with Crippen LogP contribution >= 0.6 is 11.3 Å². The summed E-state index contributed by atoms with van der Waals surface area (Å²) in [6.45, 7) is -0.718. The molecule has 27 heavy (non-hydrogen) atoms. The third kappa shape index (κ3) is 4.53. The van der Waals surface area contributed by atoms with Crippen LogP contribution in [0.2, 0.25) is 0 Å². The Kier molecular flexibility index (Phi) is 5.55. The number of carbonyl (C=O) groups is 2. The van der Waals surface area contributed by atoms with E-state index in [9.17, 15) is 23.2 Å². The molecule has 0 fully saturated rings. The van der Waals surface area contributed by atoms with Gasteiger partial charge in [-0.15, -0.1) is 16.4 Å². The van der Waals surface area contributed by atoms with E-state index in [2.05, 4.69) is 5.10 Å². The van der Waals surface area contributed by atoms with Gasteiger partial charge in [0.05, 0.1) is 17.8 Å². The van der Waals surface area contributed by atoms with Gasteiger partial charge in [-0.1, -0.05) is 6.07 Å². The summed E-state index contributed by atoms with van der Waals surface area (Å²) >= 11 is 1.35. The van der Waals surface area contributed by atoms with Crippen LogP contribution in [0.3, 0.4) is 0 Å².